The summed E-state index contributed by atoms with van der Waals surface area (Å²) in [6.45, 7) is 4.32. The van der Waals surface area contributed by atoms with Gasteiger partial charge in [-0.15, -0.1) is 0 Å². The van der Waals surface area contributed by atoms with Crippen molar-refractivity contribution in [1.29, 1.82) is 5.26 Å². The maximum atomic E-state index is 14.5. The van der Waals surface area contributed by atoms with Gasteiger partial charge in [-0.05, 0) is 79.9 Å². The summed E-state index contributed by atoms with van der Waals surface area (Å²) in [6.07, 6.45) is 1.79. The molecule has 4 atom stereocenters. The molecule has 322 valence electrons. The highest BCUT2D eigenvalue weighted by molar-refractivity contribution is 6.34. The lowest BCUT2D eigenvalue weighted by Gasteiger charge is -2.32. The Labute approximate surface area is 354 Å². The van der Waals surface area contributed by atoms with Crippen molar-refractivity contribution in [2.45, 2.75) is 63.7 Å². The third kappa shape index (κ3) is 12.3. The summed E-state index contributed by atoms with van der Waals surface area (Å²) in [4.78, 5) is 70.6. The smallest absolute Gasteiger partial charge is 0.253 e. The highest BCUT2D eigenvalue weighted by atomic mass is 35.5. The minimum Gasteiger partial charge on any atom is -0.494 e. The normalized spacial score (nSPS) is 16.8. The third-order valence-corrected chi connectivity index (χ3v) is 9.88. The first-order chi connectivity index (χ1) is 28.9. The van der Waals surface area contributed by atoms with Crippen LogP contribution in [0.15, 0.2) is 54.6 Å². The minimum absolute atomic E-state index is 0.00109. The maximum absolute atomic E-state index is 14.5. The molecule has 1 heterocycles. The van der Waals surface area contributed by atoms with Crippen LogP contribution in [-0.2, 0) is 25.6 Å². The largest absolute Gasteiger partial charge is 0.494 e. The number of nitrogens with two attached hydrogens (primary N) is 3. The predicted molar refractivity (Wildman–Crippen MR) is 225 cm³/mol. The number of carbonyl (C=O) groups excluding carboxylic acids is 5. The van der Waals surface area contributed by atoms with Gasteiger partial charge in [0.05, 0.1) is 23.3 Å². The van der Waals surface area contributed by atoms with Crippen LogP contribution in [0.25, 0.3) is 11.1 Å². The van der Waals surface area contributed by atoms with E-state index in [1.807, 2.05) is 13.0 Å². The van der Waals surface area contributed by atoms with Gasteiger partial charge >= 0.3 is 0 Å². The molecular formula is C42H54ClN9O8. The maximum Gasteiger partial charge on any atom is 0.253 e. The van der Waals surface area contributed by atoms with Crippen LogP contribution in [-0.4, -0.2) is 106 Å². The lowest BCUT2D eigenvalue weighted by molar-refractivity contribution is -0.141. The summed E-state index contributed by atoms with van der Waals surface area (Å²) in [7, 11) is 1.40. The van der Waals surface area contributed by atoms with Crippen LogP contribution in [0.4, 0.5) is 0 Å². The molecule has 18 heteroatoms. The number of halogens is 1. The topological polar surface area (TPSA) is 266 Å². The van der Waals surface area contributed by atoms with E-state index >= 15 is 0 Å². The summed E-state index contributed by atoms with van der Waals surface area (Å²) in [5.41, 5.74) is 19.5. The Morgan fingerprint density at radius 1 is 0.917 bits per heavy atom. The van der Waals surface area contributed by atoms with Crippen molar-refractivity contribution >= 4 is 41.1 Å². The van der Waals surface area contributed by atoms with Crippen molar-refractivity contribution in [1.82, 2.24) is 26.2 Å². The number of unbranched alkanes of at least 4 members (excludes halogenated alkanes) is 1. The molecule has 0 saturated heterocycles. The lowest BCUT2D eigenvalue weighted by atomic mass is 9.93. The van der Waals surface area contributed by atoms with Crippen LogP contribution in [0, 0.1) is 11.3 Å². The number of hydrogen-bond donors (Lipinski definition) is 7. The number of carbonyl (C=O) groups is 5. The average molecular weight is 848 g/mol. The third-order valence-electron chi connectivity index (χ3n) is 9.56. The van der Waals surface area contributed by atoms with Gasteiger partial charge in [0, 0.05) is 37.7 Å². The Bertz CT molecular complexity index is 2040. The molecule has 0 unspecified atom stereocenters. The van der Waals surface area contributed by atoms with E-state index in [0.29, 0.717) is 46.1 Å². The Morgan fingerprint density at radius 3 is 2.23 bits per heavy atom. The van der Waals surface area contributed by atoms with Crippen molar-refractivity contribution in [2.24, 2.45) is 17.2 Å². The first-order valence-corrected chi connectivity index (χ1v) is 20.1. The predicted octanol–water partition coefficient (Wildman–Crippen LogP) is 1.69. The zero-order chi connectivity index (χ0) is 43.8. The Kier molecular flexibility index (Phi) is 17.9. The molecule has 1 aliphatic rings. The molecule has 4 rings (SSSR count). The van der Waals surface area contributed by atoms with Gasteiger partial charge in [0.2, 0.25) is 23.6 Å². The Hall–Kier alpha value is -5.93. The molecule has 17 nitrogen and oxygen atoms in total. The van der Waals surface area contributed by atoms with E-state index in [1.165, 1.54) is 31.0 Å². The molecule has 0 aliphatic carbocycles. The number of benzene rings is 3. The molecular weight excluding hydrogens is 794 g/mol. The van der Waals surface area contributed by atoms with Crippen molar-refractivity contribution < 1.29 is 38.2 Å². The molecule has 0 radical (unpaired) electrons. The van der Waals surface area contributed by atoms with E-state index in [4.69, 9.17) is 48.3 Å². The molecule has 0 spiro atoms. The number of amides is 5. The molecule has 3 aromatic rings. The molecule has 60 heavy (non-hydrogen) atoms. The van der Waals surface area contributed by atoms with E-state index in [-0.39, 0.29) is 62.8 Å². The highest BCUT2D eigenvalue weighted by Gasteiger charge is 2.36. The summed E-state index contributed by atoms with van der Waals surface area (Å²) >= 11 is 6.50. The molecule has 4 bridgehead atoms. The van der Waals surface area contributed by atoms with Gasteiger partial charge < -0.3 is 57.6 Å². The first-order valence-electron chi connectivity index (χ1n) is 19.8. The van der Waals surface area contributed by atoms with E-state index in [1.54, 1.807) is 42.5 Å². The summed E-state index contributed by atoms with van der Waals surface area (Å²) in [6, 6.07) is 11.6. The highest BCUT2D eigenvalue weighted by Crippen LogP contribution is 2.40. The van der Waals surface area contributed by atoms with Crippen molar-refractivity contribution in [3.8, 4) is 34.4 Å². The van der Waals surface area contributed by atoms with Gasteiger partial charge in [0.15, 0.2) is 0 Å². The second-order valence-electron chi connectivity index (χ2n) is 14.0. The summed E-state index contributed by atoms with van der Waals surface area (Å²) in [5, 5.41) is 19.8. The molecule has 0 saturated carbocycles. The van der Waals surface area contributed by atoms with Gasteiger partial charge in [-0.3, -0.25) is 24.0 Å². The van der Waals surface area contributed by atoms with Gasteiger partial charge in [0.25, 0.3) is 5.91 Å². The molecule has 0 fully saturated rings. The van der Waals surface area contributed by atoms with Crippen LogP contribution in [0.1, 0.15) is 60.6 Å². The quantitative estimate of drug-likeness (QED) is 0.0713. The second kappa shape index (κ2) is 23.0. The number of nitrogens with zero attached hydrogens (tertiary/aromatic N) is 2. The molecule has 0 aromatic heterocycles. The number of rotatable bonds is 18. The molecule has 1 aliphatic heterocycles. The lowest BCUT2D eigenvalue weighted by Crippen LogP contribution is -2.56. The zero-order valence-corrected chi connectivity index (χ0v) is 34.8. The van der Waals surface area contributed by atoms with Crippen LogP contribution in [0.5, 0.6) is 17.2 Å². The fourth-order valence-electron chi connectivity index (χ4n) is 6.47. The Morgan fingerprint density at radius 2 is 1.60 bits per heavy atom. The monoisotopic (exact) mass is 847 g/mol. The van der Waals surface area contributed by atoms with Crippen molar-refractivity contribution in [3.05, 3.63) is 76.3 Å². The molecule has 10 N–H and O–H groups in total. The van der Waals surface area contributed by atoms with Gasteiger partial charge in [-0.25, -0.2) is 0 Å². The van der Waals surface area contributed by atoms with E-state index in [2.05, 4.69) is 21.3 Å². The fraction of sp³-hybridized carbons (Fsp3) is 0.429. The number of nitrogens with one attached hydrogen (secondary N) is 4. The van der Waals surface area contributed by atoms with E-state index < -0.39 is 53.7 Å². The average Bonchev–Trinajstić information content (AvgIpc) is 3.23. The van der Waals surface area contributed by atoms with Gasteiger partial charge in [-0.1, -0.05) is 37.1 Å². The number of nitriles is 1. The van der Waals surface area contributed by atoms with Crippen LogP contribution in [0.2, 0.25) is 5.02 Å². The van der Waals surface area contributed by atoms with Crippen LogP contribution < -0.4 is 52.7 Å². The zero-order valence-electron chi connectivity index (χ0n) is 34.1. The van der Waals surface area contributed by atoms with E-state index in [0.717, 1.165) is 12.8 Å². The van der Waals surface area contributed by atoms with Crippen LogP contribution in [0.3, 0.4) is 0 Å². The summed E-state index contributed by atoms with van der Waals surface area (Å²) < 4.78 is 17.8. The standard InChI is InChI=1S/C42H54ClN9O8/c1-4-5-18-58-28-8-9-29(32(43)24-28)39(54)50-33(12-13-44)42(57)52(3)37-27-7-11-36(60-20-16-47)31(23-27)30-21-26(6-10-35(30)59-19-15-46)22-34(40(55)48-17-14-45)51-38(53)25(2)49-41(37)56/h6-11,21,23-25,33-34,37H,4-5,12-13,15-20,22,44,46-47H2,1-3H3,(H,48,55)(H,49,56)(H,50,54)(H,51,53)/t25-,33-,34-,37-/m0/s1. The summed E-state index contributed by atoms with van der Waals surface area (Å²) in [5.74, 6) is -2.15. The van der Waals surface area contributed by atoms with E-state index in [9.17, 15) is 24.0 Å². The molecule has 5 amide bonds. The molecule has 3 aromatic carbocycles. The first kappa shape index (κ1) is 46.8. The fourth-order valence-corrected chi connectivity index (χ4v) is 6.73. The van der Waals surface area contributed by atoms with Gasteiger partial charge in [0.1, 0.15) is 61.2 Å². The minimum atomic E-state index is -1.40. The second-order valence-corrected chi connectivity index (χ2v) is 14.4. The number of hydrogen-bond acceptors (Lipinski definition) is 12. The number of likely N-dealkylation sites (N-methyl/N-ethyl adjacent to an activating group) is 1. The van der Waals surface area contributed by atoms with Crippen LogP contribution >= 0.6 is 11.6 Å². The Balaban J connectivity index is 1.83. The number of fused-ring (bicyclic) bond motifs is 5. The van der Waals surface area contributed by atoms with Crippen molar-refractivity contribution in [2.75, 3.05) is 53.0 Å². The number of ether oxygens (including phenoxy) is 3. The SMILES string of the molecule is CCCCOc1ccc(C(=O)N[C@@H](CCN)C(=O)N(C)[C@@H]2C(=O)N[C@@H](C)C(=O)N[C@H](C(=O)NCC#N)Cc3ccc(OCCN)c(c3)-c3cc2ccc3OCCN)c(Cl)c1. The van der Waals surface area contributed by atoms with Gasteiger partial charge in [-0.2, -0.15) is 5.26 Å². The van der Waals surface area contributed by atoms with Crippen molar-refractivity contribution in [3.63, 3.8) is 0 Å².